The van der Waals surface area contributed by atoms with Crippen LogP contribution >= 0.6 is 0 Å². The number of nitrogens with zero attached hydrogens (tertiary/aromatic N) is 1. The van der Waals surface area contributed by atoms with E-state index in [9.17, 15) is 9.59 Å². The van der Waals surface area contributed by atoms with Crippen molar-refractivity contribution < 1.29 is 14.3 Å². The minimum atomic E-state index is 0.0249. The SMILES string of the molecule is CCCNC(=O)C1CCN(C(=O)C2=Cc3ccccc3OC2)CC1. The number of hydrogen-bond donors (Lipinski definition) is 1. The van der Waals surface area contributed by atoms with E-state index in [1.807, 2.05) is 42.2 Å². The molecule has 0 spiro atoms. The van der Waals surface area contributed by atoms with Crippen LogP contribution in [0.1, 0.15) is 31.7 Å². The second-order valence-electron chi connectivity index (χ2n) is 6.35. The summed E-state index contributed by atoms with van der Waals surface area (Å²) in [6.45, 7) is 4.33. The number of rotatable bonds is 4. The highest BCUT2D eigenvalue weighted by atomic mass is 16.5. The lowest BCUT2D eigenvalue weighted by molar-refractivity contribution is -0.133. The summed E-state index contributed by atoms with van der Waals surface area (Å²) >= 11 is 0. The molecule has 0 unspecified atom stereocenters. The molecule has 2 heterocycles. The summed E-state index contributed by atoms with van der Waals surface area (Å²) in [4.78, 5) is 26.6. The van der Waals surface area contributed by atoms with E-state index in [0.717, 1.165) is 37.1 Å². The van der Waals surface area contributed by atoms with Crippen LogP contribution < -0.4 is 10.1 Å². The first-order chi connectivity index (χ1) is 11.7. The van der Waals surface area contributed by atoms with Crippen LogP contribution in [0.4, 0.5) is 0 Å². The number of piperidine rings is 1. The predicted octanol–water partition coefficient (Wildman–Crippen LogP) is 2.23. The Morgan fingerprint density at radius 1 is 1.25 bits per heavy atom. The van der Waals surface area contributed by atoms with Gasteiger partial charge in [-0.1, -0.05) is 25.1 Å². The van der Waals surface area contributed by atoms with Gasteiger partial charge in [-0.25, -0.2) is 0 Å². The van der Waals surface area contributed by atoms with Crippen LogP contribution in [0, 0.1) is 5.92 Å². The third-order valence-corrected chi connectivity index (χ3v) is 4.61. The monoisotopic (exact) mass is 328 g/mol. The van der Waals surface area contributed by atoms with Gasteiger partial charge in [0.2, 0.25) is 5.91 Å². The van der Waals surface area contributed by atoms with Crippen molar-refractivity contribution in [1.82, 2.24) is 10.2 Å². The molecule has 0 aliphatic carbocycles. The molecule has 1 saturated heterocycles. The maximum atomic E-state index is 12.7. The predicted molar refractivity (Wildman–Crippen MR) is 92.5 cm³/mol. The average Bonchev–Trinajstić information content (AvgIpc) is 2.65. The maximum Gasteiger partial charge on any atom is 0.253 e. The van der Waals surface area contributed by atoms with Gasteiger partial charge < -0.3 is 15.0 Å². The standard InChI is InChI=1S/C19H24N2O3/c1-2-9-20-18(22)14-7-10-21(11-8-14)19(23)16-12-15-5-3-4-6-17(15)24-13-16/h3-6,12,14H,2,7-11,13H2,1H3,(H,20,22). The van der Waals surface area contributed by atoms with Gasteiger partial charge in [0.1, 0.15) is 12.4 Å². The number of para-hydroxylation sites is 1. The Morgan fingerprint density at radius 3 is 2.75 bits per heavy atom. The van der Waals surface area contributed by atoms with Crippen molar-refractivity contribution in [3.05, 3.63) is 35.4 Å². The van der Waals surface area contributed by atoms with Gasteiger partial charge in [0, 0.05) is 31.1 Å². The quantitative estimate of drug-likeness (QED) is 0.922. The molecule has 2 amide bonds. The van der Waals surface area contributed by atoms with Crippen molar-refractivity contribution in [2.24, 2.45) is 5.92 Å². The number of nitrogens with one attached hydrogen (secondary N) is 1. The van der Waals surface area contributed by atoms with Gasteiger partial charge >= 0.3 is 0 Å². The molecule has 5 nitrogen and oxygen atoms in total. The molecule has 128 valence electrons. The zero-order valence-electron chi connectivity index (χ0n) is 14.1. The first kappa shape index (κ1) is 16.6. The van der Waals surface area contributed by atoms with Crippen LogP contribution in [0.3, 0.4) is 0 Å². The molecular weight excluding hydrogens is 304 g/mol. The number of hydrogen-bond acceptors (Lipinski definition) is 3. The molecule has 5 heteroatoms. The topological polar surface area (TPSA) is 58.6 Å². The molecule has 1 fully saturated rings. The third kappa shape index (κ3) is 3.61. The van der Waals surface area contributed by atoms with E-state index < -0.39 is 0 Å². The van der Waals surface area contributed by atoms with Crippen molar-refractivity contribution in [2.45, 2.75) is 26.2 Å². The van der Waals surface area contributed by atoms with E-state index in [0.29, 0.717) is 25.3 Å². The first-order valence-electron chi connectivity index (χ1n) is 8.68. The molecular formula is C19H24N2O3. The molecule has 0 bridgehead atoms. The maximum absolute atomic E-state index is 12.7. The molecule has 0 atom stereocenters. The number of ether oxygens (including phenoxy) is 1. The van der Waals surface area contributed by atoms with Crippen molar-refractivity contribution in [1.29, 1.82) is 0 Å². The number of benzene rings is 1. The van der Waals surface area contributed by atoms with Gasteiger partial charge in [-0.05, 0) is 31.4 Å². The van der Waals surface area contributed by atoms with E-state index in [1.165, 1.54) is 0 Å². The Labute approximate surface area is 142 Å². The normalized spacial score (nSPS) is 17.5. The van der Waals surface area contributed by atoms with Crippen molar-refractivity contribution >= 4 is 17.9 Å². The summed E-state index contributed by atoms with van der Waals surface area (Å²) in [6, 6.07) is 7.72. The molecule has 1 N–H and O–H groups in total. The molecule has 1 aromatic carbocycles. The smallest absolute Gasteiger partial charge is 0.253 e. The number of likely N-dealkylation sites (tertiary alicyclic amines) is 1. The van der Waals surface area contributed by atoms with Crippen LogP contribution in [0.5, 0.6) is 5.75 Å². The molecule has 3 rings (SSSR count). The zero-order chi connectivity index (χ0) is 16.9. The van der Waals surface area contributed by atoms with E-state index in [1.54, 1.807) is 0 Å². The number of fused-ring (bicyclic) bond motifs is 1. The summed E-state index contributed by atoms with van der Waals surface area (Å²) in [5.74, 6) is 0.994. The highest BCUT2D eigenvalue weighted by Gasteiger charge is 2.29. The lowest BCUT2D eigenvalue weighted by Crippen LogP contribution is -2.44. The summed E-state index contributed by atoms with van der Waals surface area (Å²) in [7, 11) is 0. The van der Waals surface area contributed by atoms with Crippen molar-refractivity contribution in [2.75, 3.05) is 26.2 Å². The average molecular weight is 328 g/mol. The lowest BCUT2D eigenvalue weighted by atomic mass is 9.95. The minimum Gasteiger partial charge on any atom is -0.488 e. The summed E-state index contributed by atoms with van der Waals surface area (Å²) in [6.07, 6.45) is 4.32. The fourth-order valence-corrected chi connectivity index (χ4v) is 3.18. The summed E-state index contributed by atoms with van der Waals surface area (Å²) < 4.78 is 5.67. The van der Waals surface area contributed by atoms with Crippen LogP contribution in [-0.2, 0) is 9.59 Å². The highest BCUT2D eigenvalue weighted by Crippen LogP contribution is 2.27. The molecule has 1 aromatic rings. The van der Waals surface area contributed by atoms with Gasteiger partial charge in [-0.3, -0.25) is 9.59 Å². The van der Waals surface area contributed by atoms with Gasteiger partial charge in [-0.2, -0.15) is 0 Å². The van der Waals surface area contributed by atoms with E-state index >= 15 is 0 Å². The number of carbonyl (C=O) groups excluding carboxylic acids is 2. The Kier molecular flexibility index (Phi) is 5.18. The number of amides is 2. The summed E-state index contributed by atoms with van der Waals surface area (Å²) in [5, 5.41) is 2.95. The van der Waals surface area contributed by atoms with Crippen molar-refractivity contribution in [3.8, 4) is 5.75 Å². The molecule has 2 aliphatic heterocycles. The fraction of sp³-hybridized carbons (Fsp3) is 0.474. The molecule has 0 radical (unpaired) electrons. The molecule has 0 aromatic heterocycles. The Hall–Kier alpha value is -2.30. The second-order valence-corrected chi connectivity index (χ2v) is 6.35. The van der Waals surface area contributed by atoms with Crippen molar-refractivity contribution in [3.63, 3.8) is 0 Å². The lowest BCUT2D eigenvalue weighted by Gasteiger charge is -2.32. The van der Waals surface area contributed by atoms with Gasteiger partial charge in [0.25, 0.3) is 5.91 Å². The largest absolute Gasteiger partial charge is 0.488 e. The summed E-state index contributed by atoms with van der Waals surface area (Å²) in [5.41, 5.74) is 1.63. The number of carbonyl (C=O) groups is 2. The Morgan fingerprint density at radius 2 is 2.00 bits per heavy atom. The zero-order valence-corrected chi connectivity index (χ0v) is 14.1. The van der Waals surface area contributed by atoms with Crippen LogP contribution in [0.2, 0.25) is 0 Å². The minimum absolute atomic E-state index is 0.0249. The second kappa shape index (κ2) is 7.51. The Balaban J connectivity index is 1.58. The van der Waals surface area contributed by atoms with E-state index in [-0.39, 0.29) is 17.7 Å². The molecule has 24 heavy (non-hydrogen) atoms. The van der Waals surface area contributed by atoms with Crippen LogP contribution in [-0.4, -0.2) is 43.0 Å². The van der Waals surface area contributed by atoms with Gasteiger partial charge in [0.15, 0.2) is 0 Å². The fourth-order valence-electron chi connectivity index (χ4n) is 3.18. The molecule has 0 saturated carbocycles. The van der Waals surface area contributed by atoms with Crippen LogP contribution in [0.15, 0.2) is 29.8 Å². The molecule has 2 aliphatic rings. The van der Waals surface area contributed by atoms with Crippen LogP contribution in [0.25, 0.3) is 6.08 Å². The highest BCUT2D eigenvalue weighted by molar-refractivity contribution is 5.99. The van der Waals surface area contributed by atoms with Gasteiger partial charge in [0.05, 0.1) is 5.57 Å². The first-order valence-corrected chi connectivity index (χ1v) is 8.68. The third-order valence-electron chi connectivity index (χ3n) is 4.61. The van der Waals surface area contributed by atoms with E-state index in [4.69, 9.17) is 4.74 Å². The van der Waals surface area contributed by atoms with E-state index in [2.05, 4.69) is 5.32 Å². The Bertz CT molecular complexity index is 646. The van der Waals surface area contributed by atoms with Gasteiger partial charge in [-0.15, -0.1) is 0 Å².